The normalized spacial score (nSPS) is 11.4. The van der Waals surface area contributed by atoms with Crippen LogP contribution in [-0.4, -0.2) is 4.98 Å². The fourth-order valence-corrected chi connectivity index (χ4v) is 0.958. The van der Waals surface area contributed by atoms with Gasteiger partial charge in [-0.05, 0) is 17.5 Å². The topological polar surface area (TPSA) is 38.9 Å². The third-order valence-electron chi connectivity index (χ3n) is 1.79. The van der Waals surface area contributed by atoms with Crippen molar-refractivity contribution in [2.24, 2.45) is 11.7 Å². The third kappa shape index (κ3) is 4.46. The Morgan fingerprint density at radius 2 is 1.92 bits per heavy atom. The smallest absolute Gasteiger partial charge is 0.0333 e. The first-order valence-electron chi connectivity index (χ1n) is 3.87. The van der Waals surface area contributed by atoms with E-state index >= 15 is 0 Å². The highest BCUT2D eigenvalue weighted by Crippen LogP contribution is 2.16. The predicted octanol–water partition coefficient (Wildman–Crippen LogP) is 2.58. The SMILES string of the molecule is CC(C)[C@@H](N)c1cccnc1.Cl.Cl. The minimum atomic E-state index is 0. The van der Waals surface area contributed by atoms with E-state index in [1.54, 1.807) is 6.20 Å². The molecule has 0 saturated heterocycles. The third-order valence-corrected chi connectivity index (χ3v) is 1.79. The van der Waals surface area contributed by atoms with Gasteiger partial charge in [-0.15, -0.1) is 24.8 Å². The number of hydrogen-bond acceptors (Lipinski definition) is 2. The molecule has 0 spiro atoms. The van der Waals surface area contributed by atoms with Crippen molar-refractivity contribution >= 4 is 24.8 Å². The molecule has 0 aromatic carbocycles. The summed E-state index contributed by atoms with van der Waals surface area (Å²) in [7, 11) is 0. The van der Waals surface area contributed by atoms with Crippen molar-refractivity contribution in [1.29, 1.82) is 0 Å². The van der Waals surface area contributed by atoms with Gasteiger partial charge < -0.3 is 5.73 Å². The Morgan fingerprint density at radius 1 is 1.31 bits per heavy atom. The van der Waals surface area contributed by atoms with Gasteiger partial charge in [-0.25, -0.2) is 0 Å². The molecule has 1 rings (SSSR count). The fraction of sp³-hybridized carbons (Fsp3) is 0.444. The van der Waals surface area contributed by atoms with Crippen LogP contribution in [0.2, 0.25) is 0 Å². The van der Waals surface area contributed by atoms with Crippen LogP contribution in [0.5, 0.6) is 0 Å². The van der Waals surface area contributed by atoms with Crippen LogP contribution in [0, 0.1) is 5.92 Å². The Morgan fingerprint density at radius 3 is 2.31 bits per heavy atom. The Balaban J connectivity index is 0. The van der Waals surface area contributed by atoms with Crippen LogP contribution in [-0.2, 0) is 0 Å². The maximum absolute atomic E-state index is 5.90. The molecule has 4 heteroatoms. The molecule has 13 heavy (non-hydrogen) atoms. The van der Waals surface area contributed by atoms with E-state index in [2.05, 4.69) is 18.8 Å². The predicted molar refractivity (Wildman–Crippen MR) is 60.5 cm³/mol. The minimum absolute atomic E-state index is 0. The summed E-state index contributed by atoms with van der Waals surface area (Å²) in [6.07, 6.45) is 3.58. The van der Waals surface area contributed by atoms with Crippen LogP contribution in [0.25, 0.3) is 0 Å². The van der Waals surface area contributed by atoms with E-state index in [0.29, 0.717) is 5.92 Å². The lowest BCUT2D eigenvalue weighted by atomic mass is 9.99. The van der Waals surface area contributed by atoms with Gasteiger partial charge >= 0.3 is 0 Å². The van der Waals surface area contributed by atoms with Gasteiger partial charge in [0.2, 0.25) is 0 Å². The number of nitrogens with zero attached hydrogens (tertiary/aromatic N) is 1. The average molecular weight is 223 g/mol. The van der Waals surface area contributed by atoms with Crippen molar-refractivity contribution in [3.63, 3.8) is 0 Å². The van der Waals surface area contributed by atoms with Crippen molar-refractivity contribution < 1.29 is 0 Å². The monoisotopic (exact) mass is 222 g/mol. The lowest BCUT2D eigenvalue weighted by Gasteiger charge is -2.14. The molecule has 1 atom stereocenters. The first-order valence-corrected chi connectivity index (χ1v) is 3.87. The summed E-state index contributed by atoms with van der Waals surface area (Å²) in [4.78, 5) is 4.01. The summed E-state index contributed by atoms with van der Waals surface area (Å²) < 4.78 is 0. The zero-order valence-corrected chi connectivity index (χ0v) is 9.44. The summed E-state index contributed by atoms with van der Waals surface area (Å²) in [5.74, 6) is 0.471. The van der Waals surface area contributed by atoms with E-state index in [9.17, 15) is 0 Å². The lowest BCUT2D eigenvalue weighted by Crippen LogP contribution is -2.16. The molecule has 2 nitrogen and oxygen atoms in total. The van der Waals surface area contributed by atoms with Crippen LogP contribution in [0.4, 0.5) is 0 Å². The Kier molecular flexibility index (Phi) is 8.32. The van der Waals surface area contributed by atoms with E-state index < -0.39 is 0 Å². The van der Waals surface area contributed by atoms with Gasteiger partial charge in [-0.3, -0.25) is 4.98 Å². The molecule has 0 fully saturated rings. The van der Waals surface area contributed by atoms with Gasteiger partial charge in [0, 0.05) is 18.4 Å². The molecule has 1 heterocycles. The Hall–Kier alpha value is -0.310. The van der Waals surface area contributed by atoms with Crippen LogP contribution >= 0.6 is 24.8 Å². The summed E-state index contributed by atoms with van der Waals surface area (Å²) in [6.45, 7) is 4.22. The summed E-state index contributed by atoms with van der Waals surface area (Å²) >= 11 is 0. The molecular weight excluding hydrogens is 207 g/mol. The molecule has 0 bridgehead atoms. The van der Waals surface area contributed by atoms with Crippen molar-refractivity contribution in [3.05, 3.63) is 30.1 Å². The first kappa shape index (κ1) is 15.2. The first-order chi connectivity index (χ1) is 5.22. The van der Waals surface area contributed by atoms with E-state index in [0.717, 1.165) is 5.56 Å². The summed E-state index contributed by atoms with van der Waals surface area (Å²) in [5, 5.41) is 0. The number of rotatable bonds is 2. The largest absolute Gasteiger partial charge is 0.324 e. The zero-order valence-electron chi connectivity index (χ0n) is 7.81. The summed E-state index contributed by atoms with van der Waals surface area (Å²) in [5.41, 5.74) is 7.01. The van der Waals surface area contributed by atoms with Crippen molar-refractivity contribution in [1.82, 2.24) is 4.98 Å². The molecular formula is C9H16Cl2N2. The Bertz CT molecular complexity index is 214. The number of hydrogen-bond donors (Lipinski definition) is 1. The van der Waals surface area contributed by atoms with Gasteiger partial charge in [0.15, 0.2) is 0 Å². The van der Waals surface area contributed by atoms with Crippen molar-refractivity contribution in [2.45, 2.75) is 19.9 Å². The second-order valence-corrected chi connectivity index (χ2v) is 3.06. The molecule has 0 aliphatic carbocycles. The number of aromatic nitrogens is 1. The fourth-order valence-electron chi connectivity index (χ4n) is 0.958. The highest BCUT2D eigenvalue weighted by atomic mass is 35.5. The van der Waals surface area contributed by atoms with Crippen molar-refractivity contribution in [2.75, 3.05) is 0 Å². The zero-order chi connectivity index (χ0) is 8.27. The van der Waals surface area contributed by atoms with Gasteiger partial charge in [0.05, 0.1) is 0 Å². The van der Waals surface area contributed by atoms with Crippen LogP contribution in [0.15, 0.2) is 24.5 Å². The lowest BCUT2D eigenvalue weighted by molar-refractivity contribution is 0.513. The van der Waals surface area contributed by atoms with E-state index in [4.69, 9.17) is 5.73 Å². The van der Waals surface area contributed by atoms with Crippen molar-refractivity contribution in [3.8, 4) is 0 Å². The second-order valence-electron chi connectivity index (χ2n) is 3.06. The number of pyridine rings is 1. The van der Waals surface area contributed by atoms with Crippen LogP contribution < -0.4 is 5.73 Å². The summed E-state index contributed by atoms with van der Waals surface area (Å²) in [6, 6.07) is 4.04. The van der Waals surface area contributed by atoms with Gasteiger partial charge in [-0.2, -0.15) is 0 Å². The highest BCUT2D eigenvalue weighted by Gasteiger charge is 2.08. The van der Waals surface area contributed by atoms with E-state index in [1.807, 2.05) is 18.3 Å². The molecule has 0 aliphatic rings. The minimum Gasteiger partial charge on any atom is -0.324 e. The van der Waals surface area contributed by atoms with Crippen LogP contribution in [0.1, 0.15) is 25.5 Å². The molecule has 0 amide bonds. The van der Waals surface area contributed by atoms with Crippen LogP contribution in [0.3, 0.4) is 0 Å². The number of halogens is 2. The molecule has 76 valence electrons. The second kappa shape index (κ2) is 7.13. The number of nitrogens with two attached hydrogens (primary N) is 1. The molecule has 0 aliphatic heterocycles. The molecule has 1 aromatic heterocycles. The van der Waals surface area contributed by atoms with Gasteiger partial charge in [0.1, 0.15) is 0 Å². The van der Waals surface area contributed by atoms with E-state index in [-0.39, 0.29) is 30.9 Å². The quantitative estimate of drug-likeness (QED) is 0.836. The molecule has 0 unspecified atom stereocenters. The Labute approximate surface area is 91.8 Å². The van der Waals surface area contributed by atoms with E-state index in [1.165, 1.54) is 0 Å². The molecule has 2 N–H and O–H groups in total. The average Bonchev–Trinajstić information content (AvgIpc) is 2.05. The van der Waals surface area contributed by atoms with Gasteiger partial charge in [-0.1, -0.05) is 19.9 Å². The maximum atomic E-state index is 5.90. The molecule has 0 saturated carbocycles. The highest BCUT2D eigenvalue weighted by molar-refractivity contribution is 5.85. The maximum Gasteiger partial charge on any atom is 0.0333 e. The molecule has 1 aromatic rings. The molecule has 0 radical (unpaired) electrons. The van der Waals surface area contributed by atoms with Gasteiger partial charge in [0.25, 0.3) is 0 Å². The standard InChI is InChI=1S/C9H14N2.2ClH/c1-7(2)9(10)8-4-3-5-11-6-8;;/h3-7,9H,10H2,1-2H3;2*1H/t9-;;/m1../s1.